The summed E-state index contributed by atoms with van der Waals surface area (Å²) in [7, 11) is 1.82. The number of thiophene rings is 1. The fourth-order valence-electron chi connectivity index (χ4n) is 1.97. The lowest BCUT2D eigenvalue weighted by atomic mass is 10.2. The molecule has 4 N–H and O–H groups in total. The Bertz CT molecular complexity index is 821. The van der Waals surface area contributed by atoms with Crippen molar-refractivity contribution in [3.05, 3.63) is 16.3 Å². The van der Waals surface area contributed by atoms with Gasteiger partial charge < -0.3 is 11.5 Å². The Labute approximate surface area is 129 Å². The minimum Gasteiger partial charge on any atom is -0.383 e. The predicted molar refractivity (Wildman–Crippen MR) is 86.3 cm³/mol. The first kappa shape index (κ1) is 14.1. The maximum absolute atomic E-state index is 6.07. The third-order valence-electron chi connectivity index (χ3n) is 3.30. The molecule has 3 rings (SSSR count). The van der Waals surface area contributed by atoms with E-state index >= 15 is 0 Å². The molecule has 3 aromatic heterocycles. The third kappa shape index (κ3) is 2.42. The number of aromatic nitrogens is 5. The summed E-state index contributed by atoms with van der Waals surface area (Å²) in [6.45, 7) is 4.11. The van der Waals surface area contributed by atoms with Gasteiger partial charge in [-0.15, -0.1) is 21.5 Å². The van der Waals surface area contributed by atoms with E-state index in [0.717, 1.165) is 20.9 Å². The van der Waals surface area contributed by atoms with Gasteiger partial charge in [-0.25, -0.2) is 9.97 Å². The highest BCUT2D eigenvalue weighted by Crippen LogP contribution is 2.32. The van der Waals surface area contributed by atoms with E-state index in [0.29, 0.717) is 23.3 Å². The van der Waals surface area contributed by atoms with E-state index in [-0.39, 0.29) is 0 Å². The topological polar surface area (TPSA) is 109 Å². The van der Waals surface area contributed by atoms with Crippen molar-refractivity contribution in [3.8, 4) is 0 Å². The average molecular weight is 321 g/mol. The second-order valence-corrected chi connectivity index (χ2v) is 6.82. The highest BCUT2D eigenvalue weighted by atomic mass is 32.2. The highest BCUT2D eigenvalue weighted by Gasteiger charge is 2.14. The SMILES string of the molecule is Cc1sc2nc(CSc3nnc(N)n3C)nc(N)c2c1C. The number of nitrogens with zero attached hydrogens (tertiary/aromatic N) is 5. The number of aryl methyl sites for hydroxylation is 2. The van der Waals surface area contributed by atoms with E-state index in [1.807, 2.05) is 14.0 Å². The zero-order valence-electron chi connectivity index (χ0n) is 11.9. The van der Waals surface area contributed by atoms with Gasteiger partial charge in [-0.3, -0.25) is 4.57 Å². The Balaban J connectivity index is 1.89. The minimum absolute atomic E-state index is 0.387. The lowest BCUT2D eigenvalue weighted by molar-refractivity contribution is 0.795. The maximum Gasteiger partial charge on any atom is 0.222 e. The largest absolute Gasteiger partial charge is 0.383 e. The fraction of sp³-hybridized carbons (Fsp3) is 0.333. The zero-order chi connectivity index (χ0) is 15.1. The van der Waals surface area contributed by atoms with Crippen LogP contribution in [0.5, 0.6) is 0 Å². The fourth-order valence-corrected chi connectivity index (χ4v) is 3.80. The van der Waals surface area contributed by atoms with Crippen LogP contribution in [0.3, 0.4) is 0 Å². The molecule has 0 radical (unpaired) electrons. The molecule has 0 saturated heterocycles. The van der Waals surface area contributed by atoms with Crippen LogP contribution in [-0.4, -0.2) is 24.7 Å². The van der Waals surface area contributed by atoms with Gasteiger partial charge in [-0.2, -0.15) is 0 Å². The van der Waals surface area contributed by atoms with Gasteiger partial charge in [0.2, 0.25) is 5.95 Å². The van der Waals surface area contributed by atoms with Gasteiger partial charge in [0.05, 0.1) is 11.1 Å². The average Bonchev–Trinajstić information content (AvgIpc) is 2.90. The third-order valence-corrected chi connectivity index (χ3v) is 5.42. The molecule has 0 aliphatic carbocycles. The molecule has 9 heteroatoms. The van der Waals surface area contributed by atoms with Crippen molar-refractivity contribution in [1.82, 2.24) is 24.7 Å². The molecule has 0 saturated carbocycles. The maximum atomic E-state index is 6.07. The molecule has 0 spiro atoms. The molecule has 110 valence electrons. The summed E-state index contributed by atoms with van der Waals surface area (Å²) in [6, 6.07) is 0. The number of nitrogens with two attached hydrogens (primary N) is 2. The molecule has 0 aliphatic heterocycles. The van der Waals surface area contributed by atoms with Crippen LogP contribution in [0.1, 0.15) is 16.3 Å². The second kappa shape index (κ2) is 5.15. The standard InChI is InChI=1S/C12H15N7S2/c1-5-6(2)21-10-8(5)9(13)15-7(16-10)4-20-12-18-17-11(14)19(12)3/h4H2,1-3H3,(H2,14,17)(H2,13,15,16). The molecule has 21 heavy (non-hydrogen) atoms. The lowest BCUT2D eigenvalue weighted by Crippen LogP contribution is -2.01. The number of hydrogen-bond donors (Lipinski definition) is 2. The Morgan fingerprint density at radius 3 is 2.62 bits per heavy atom. The summed E-state index contributed by atoms with van der Waals surface area (Å²) in [5, 5.41) is 9.51. The van der Waals surface area contributed by atoms with Crippen molar-refractivity contribution < 1.29 is 0 Å². The van der Waals surface area contributed by atoms with Crippen LogP contribution in [0.2, 0.25) is 0 Å². The van der Waals surface area contributed by atoms with Gasteiger partial charge in [-0.1, -0.05) is 11.8 Å². The van der Waals surface area contributed by atoms with E-state index < -0.39 is 0 Å². The Morgan fingerprint density at radius 2 is 1.95 bits per heavy atom. The summed E-state index contributed by atoms with van der Waals surface area (Å²) in [5.41, 5.74) is 12.9. The van der Waals surface area contributed by atoms with Gasteiger partial charge in [0.25, 0.3) is 0 Å². The number of rotatable bonds is 3. The van der Waals surface area contributed by atoms with E-state index in [1.165, 1.54) is 16.6 Å². The first-order valence-electron chi connectivity index (χ1n) is 6.27. The molecule has 3 aromatic rings. The van der Waals surface area contributed by atoms with Crippen molar-refractivity contribution in [3.63, 3.8) is 0 Å². The first-order valence-corrected chi connectivity index (χ1v) is 8.07. The molecule has 0 fully saturated rings. The molecule has 0 bridgehead atoms. The predicted octanol–water partition coefficient (Wildman–Crippen LogP) is 1.89. The summed E-state index contributed by atoms with van der Waals surface area (Å²) < 4.78 is 1.73. The summed E-state index contributed by atoms with van der Waals surface area (Å²) in [5.74, 6) is 2.18. The van der Waals surface area contributed by atoms with Crippen LogP contribution in [0.15, 0.2) is 5.16 Å². The molecule has 3 heterocycles. The molecule has 0 atom stereocenters. The van der Waals surface area contributed by atoms with Crippen LogP contribution in [-0.2, 0) is 12.8 Å². The van der Waals surface area contributed by atoms with Crippen molar-refractivity contribution >= 4 is 45.1 Å². The van der Waals surface area contributed by atoms with Gasteiger partial charge in [0, 0.05) is 11.9 Å². The van der Waals surface area contributed by atoms with E-state index in [2.05, 4.69) is 27.1 Å². The Morgan fingerprint density at radius 1 is 1.19 bits per heavy atom. The van der Waals surface area contributed by atoms with E-state index in [9.17, 15) is 0 Å². The van der Waals surface area contributed by atoms with Crippen LogP contribution in [0, 0.1) is 13.8 Å². The first-order chi connectivity index (χ1) is 9.97. The van der Waals surface area contributed by atoms with Crippen LogP contribution >= 0.6 is 23.1 Å². The van der Waals surface area contributed by atoms with Gasteiger partial charge in [0.15, 0.2) is 5.16 Å². The highest BCUT2D eigenvalue weighted by molar-refractivity contribution is 7.98. The molecule has 0 aromatic carbocycles. The summed E-state index contributed by atoms with van der Waals surface area (Å²) in [6.07, 6.45) is 0. The monoisotopic (exact) mass is 321 g/mol. The van der Waals surface area contributed by atoms with Crippen LogP contribution < -0.4 is 11.5 Å². The van der Waals surface area contributed by atoms with Gasteiger partial charge in [-0.05, 0) is 19.4 Å². The van der Waals surface area contributed by atoms with Crippen molar-refractivity contribution in [2.45, 2.75) is 24.8 Å². The smallest absolute Gasteiger partial charge is 0.222 e. The molecule has 7 nitrogen and oxygen atoms in total. The molecular weight excluding hydrogens is 306 g/mol. The normalized spacial score (nSPS) is 11.4. The number of fused-ring (bicyclic) bond motifs is 1. The summed E-state index contributed by atoms with van der Waals surface area (Å²) >= 11 is 3.13. The molecule has 0 amide bonds. The minimum atomic E-state index is 0.387. The quantitative estimate of drug-likeness (QED) is 0.709. The Kier molecular flexibility index (Phi) is 3.46. The Hall–Kier alpha value is -1.87. The van der Waals surface area contributed by atoms with E-state index in [4.69, 9.17) is 11.5 Å². The second-order valence-electron chi connectivity index (χ2n) is 4.68. The summed E-state index contributed by atoms with van der Waals surface area (Å²) in [4.78, 5) is 11.1. The number of thioether (sulfide) groups is 1. The number of hydrogen-bond acceptors (Lipinski definition) is 8. The molecule has 0 unspecified atom stereocenters. The van der Waals surface area contributed by atoms with Crippen LogP contribution in [0.25, 0.3) is 10.2 Å². The van der Waals surface area contributed by atoms with E-state index in [1.54, 1.807) is 15.9 Å². The van der Waals surface area contributed by atoms with Gasteiger partial charge in [0.1, 0.15) is 16.5 Å². The molecule has 0 aliphatic rings. The van der Waals surface area contributed by atoms with Crippen LogP contribution in [0.4, 0.5) is 11.8 Å². The zero-order valence-corrected chi connectivity index (χ0v) is 13.5. The van der Waals surface area contributed by atoms with Gasteiger partial charge >= 0.3 is 0 Å². The van der Waals surface area contributed by atoms with Crippen molar-refractivity contribution in [2.24, 2.45) is 7.05 Å². The van der Waals surface area contributed by atoms with Crippen molar-refractivity contribution in [2.75, 3.05) is 11.5 Å². The number of anilines is 2. The lowest BCUT2D eigenvalue weighted by Gasteiger charge is -2.03. The number of nitrogen functional groups attached to an aromatic ring is 2. The van der Waals surface area contributed by atoms with Crippen molar-refractivity contribution in [1.29, 1.82) is 0 Å². The molecular formula is C12H15N7S2.